The lowest BCUT2D eigenvalue weighted by molar-refractivity contribution is 0.104. The zero-order chi connectivity index (χ0) is 11.1. The van der Waals surface area contributed by atoms with Gasteiger partial charge in [0.1, 0.15) is 16.6 Å². The Morgan fingerprint density at radius 1 is 1.38 bits per heavy atom. The summed E-state index contributed by atoms with van der Waals surface area (Å²) in [5.74, 6) is 1.55. The number of nitrogens with zero attached hydrogens (tertiary/aromatic N) is 1. The molecule has 1 aromatic rings. The molecular formula is C11H13BrN2OS. The van der Waals surface area contributed by atoms with Gasteiger partial charge in [0, 0.05) is 18.2 Å². The Balaban J connectivity index is 2.02. The molecule has 2 aliphatic rings. The minimum Gasteiger partial charge on any atom is -0.370 e. The van der Waals surface area contributed by atoms with Crippen LogP contribution in [-0.4, -0.2) is 16.6 Å². The first-order chi connectivity index (χ1) is 7.75. The van der Waals surface area contributed by atoms with E-state index in [2.05, 4.69) is 25.9 Å². The lowest BCUT2D eigenvalue weighted by atomic mass is 10.2. The van der Waals surface area contributed by atoms with Crippen molar-refractivity contribution in [3.63, 3.8) is 0 Å². The van der Waals surface area contributed by atoms with Crippen molar-refractivity contribution in [3.05, 3.63) is 20.6 Å². The second kappa shape index (κ2) is 4.20. The maximum Gasteiger partial charge on any atom is 0.144 e. The van der Waals surface area contributed by atoms with Crippen LogP contribution in [0.3, 0.4) is 0 Å². The summed E-state index contributed by atoms with van der Waals surface area (Å²) in [6, 6.07) is 0. The van der Waals surface area contributed by atoms with Crippen LogP contribution in [0.15, 0.2) is 4.47 Å². The fraction of sp³-hybridized carbons (Fsp3) is 0.636. The molecular weight excluding hydrogens is 288 g/mol. The number of hydrogen-bond donors (Lipinski definition) is 1. The molecule has 0 amide bonds. The van der Waals surface area contributed by atoms with E-state index >= 15 is 0 Å². The van der Waals surface area contributed by atoms with Gasteiger partial charge >= 0.3 is 0 Å². The largest absolute Gasteiger partial charge is 0.370 e. The number of nitrogens with one attached hydrogen (secondary N) is 1. The van der Waals surface area contributed by atoms with Crippen LogP contribution in [0.4, 0.5) is 0 Å². The average Bonchev–Trinajstić information content (AvgIpc) is 2.96. The Morgan fingerprint density at radius 2 is 2.19 bits per heavy atom. The molecule has 1 N–H and O–H groups in total. The molecule has 0 radical (unpaired) electrons. The van der Waals surface area contributed by atoms with Crippen molar-refractivity contribution >= 4 is 28.1 Å². The van der Waals surface area contributed by atoms with Crippen LogP contribution in [0.25, 0.3) is 0 Å². The van der Waals surface area contributed by atoms with E-state index in [0.29, 0.717) is 10.6 Å². The van der Waals surface area contributed by atoms with Gasteiger partial charge < -0.3 is 9.72 Å². The highest BCUT2D eigenvalue weighted by Gasteiger charge is 2.29. The Hall–Kier alpha value is -0.260. The molecule has 86 valence electrons. The number of H-pyrrole nitrogens is 1. The first kappa shape index (κ1) is 10.9. The van der Waals surface area contributed by atoms with Crippen molar-refractivity contribution in [1.82, 2.24) is 9.97 Å². The van der Waals surface area contributed by atoms with Crippen molar-refractivity contribution in [2.75, 3.05) is 6.61 Å². The van der Waals surface area contributed by atoms with Crippen molar-refractivity contribution in [1.29, 1.82) is 0 Å². The molecule has 1 aliphatic carbocycles. The monoisotopic (exact) mass is 300 g/mol. The second-order valence-corrected chi connectivity index (χ2v) is 5.61. The third kappa shape index (κ3) is 1.96. The summed E-state index contributed by atoms with van der Waals surface area (Å²) in [7, 11) is 0. The quantitative estimate of drug-likeness (QED) is 0.848. The van der Waals surface area contributed by atoms with E-state index < -0.39 is 0 Å². The highest BCUT2D eigenvalue weighted by molar-refractivity contribution is 9.10. The Kier molecular flexibility index (Phi) is 2.85. The minimum atomic E-state index is 0.118. The molecule has 0 bridgehead atoms. The smallest absolute Gasteiger partial charge is 0.144 e. The van der Waals surface area contributed by atoms with Crippen LogP contribution >= 0.6 is 28.1 Å². The molecule has 1 saturated heterocycles. The molecule has 2 heterocycles. The molecule has 1 unspecified atom stereocenters. The van der Waals surface area contributed by atoms with Gasteiger partial charge in [0.25, 0.3) is 0 Å². The zero-order valence-corrected chi connectivity index (χ0v) is 11.2. The Bertz CT molecular complexity index is 464. The minimum absolute atomic E-state index is 0.118. The average molecular weight is 301 g/mol. The second-order valence-electron chi connectivity index (χ2n) is 4.43. The summed E-state index contributed by atoms with van der Waals surface area (Å²) >= 11 is 8.80. The Labute approximate surface area is 108 Å². The summed E-state index contributed by atoms with van der Waals surface area (Å²) < 4.78 is 7.26. The van der Waals surface area contributed by atoms with E-state index in [4.69, 9.17) is 17.0 Å². The van der Waals surface area contributed by atoms with Gasteiger partial charge in [0.2, 0.25) is 0 Å². The van der Waals surface area contributed by atoms with Crippen LogP contribution in [0.5, 0.6) is 0 Å². The fourth-order valence-corrected chi connectivity index (χ4v) is 2.81. The third-order valence-electron chi connectivity index (χ3n) is 3.13. The number of hydrogen-bond acceptors (Lipinski definition) is 3. The number of aromatic amines is 1. The summed E-state index contributed by atoms with van der Waals surface area (Å²) in [6.07, 6.45) is 4.77. The van der Waals surface area contributed by atoms with Gasteiger partial charge in [-0.25, -0.2) is 4.98 Å². The van der Waals surface area contributed by atoms with Gasteiger partial charge in [-0.3, -0.25) is 0 Å². The van der Waals surface area contributed by atoms with Crippen molar-refractivity contribution < 1.29 is 4.74 Å². The summed E-state index contributed by atoms with van der Waals surface area (Å²) in [6.45, 7) is 0.835. The molecule has 1 atom stereocenters. The molecule has 1 aliphatic heterocycles. The molecule has 3 rings (SSSR count). The van der Waals surface area contributed by atoms with Crippen LogP contribution in [-0.2, 0) is 4.74 Å². The predicted molar refractivity (Wildman–Crippen MR) is 67.0 cm³/mol. The van der Waals surface area contributed by atoms with Crippen molar-refractivity contribution in [2.45, 2.75) is 37.7 Å². The van der Waals surface area contributed by atoms with Crippen LogP contribution in [0, 0.1) is 4.64 Å². The third-order valence-corrected chi connectivity index (χ3v) is 4.49. The van der Waals surface area contributed by atoms with E-state index in [9.17, 15) is 0 Å². The SMILES string of the molecule is S=c1nc(C2CCCO2)[nH]c(C2CC2)c1Br. The van der Waals surface area contributed by atoms with Gasteiger partial charge in [0.05, 0.1) is 4.47 Å². The standard InChI is InChI=1S/C11H13BrN2OS/c12-8-9(6-3-4-6)13-10(14-11(8)16)7-2-1-5-15-7/h6-7H,1-5H2,(H,13,14,16). The maximum atomic E-state index is 5.63. The Morgan fingerprint density at radius 3 is 2.81 bits per heavy atom. The van der Waals surface area contributed by atoms with Gasteiger partial charge in [-0.05, 0) is 41.6 Å². The highest BCUT2D eigenvalue weighted by Crippen LogP contribution is 2.43. The summed E-state index contributed by atoms with van der Waals surface area (Å²) in [4.78, 5) is 7.82. The molecule has 1 aromatic heterocycles. The summed E-state index contributed by atoms with van der Waals surface area (Å²) in [5, 5.41) is 0. The van der Waals surface area contributed by atoms with E-state index in [1.54, 1.807) is 0 Å². The molecule has 2 fully saturated rings. The molecule has 3 nitrogen and oxygen atoms in total. The molecule has 0 aromatic carbocycles. The van der Waals surface area contributed by atoms with Crippen LogP contribution in [0.1, 0.15) is 49.2 Å². The summed E-state index contributed by atoms with van der Waals surface area (Å²) in [5.41, 5.74) is 1.21. The fourth-order valence-electron chi connectivity index (χ4n) is 2.09. The molecule has 0 spiro atoms. The van der Waals surface area contributed by atoms with Gasteiger partial charge in [-0.1, -0.05) is 12.2 Å². The van der Waals surface area contributed by atoms with E-state index in [1.807, 2.05) is 0 Å². The lowest BCUT2D eigenvalue weighted by Crippen LogP contribution is -2.06. The van der Waals surface area contributed by atoms with Crippen molar-refractivity contribution in [3.8, 4) is 0 Å². The predicted octanol–water partition coefficient (Wildman–Crippen LogP) is 3.63. The number of rotatable bonds is 2. The van der Waals surface area contributed by atoms with Crippen molar-refractivity contribution in [2.24, 2.45) is 0 Å². The zero-order valence-electron chi connectivity index (χ0n) is 8.83. The van der Waals surface area contributed by atoms with Crippen LogP contribution < -0.4 is 0 Å². The highest BCUT2D eigenvalue weighted by atomic mass is 79.9. The lowest BCUT2D eigenvalue weighted by Gasteiger charge is -2.12. The molecule has 1 saturated carbocycles. The first-order valence-electron chi connectivity index (χ1n) is 5.67. The van der Waals surface area contributed by atoms with Gasteiger partial charge in [-0.2, -0.15) is 0 Å². The van der Waals surface area contributed by atoms with E-state index in [0.717, 1.165) is 29.7 Å². The first-order valence-corrected chi connectivity index (χ1v) is 6.87. The molecule has 5 heteroatoms. The van der Waals surface area contributed by atoms with Crippen LogP contribution in [0.2, 0.25) is 0 Å². The van der Waals surface area contributed by atoms with E-state index in [-0.39, 0.29) is 6.10 Å². The van der Waals surface area contributed by atoms with Gasteiger partial charge in [0.15, 0.2) is 0 Å². The molecule has 16 heavy (non-hydrogen) atoms. The van der Waals surface area contributed by atoms with E-state index in [1.165, 1.54) is 18.5 Å². The number of halogens is 1. The number of ether oxygens (including phenoxy) is 1. The van der Waals surface area contributed by atoms with Gasteiger partial charge in [-0.15, -0.1) is 0 Å². The normalized spacial score (nSPS) is 24.9. The topological polar surface area (TPSA) is 37.9 Å². The number of aromatic nitrogens is 2. The maximum absolute atomic E-state index is 5.63.